The molecule has 0 aliphatic heterocycles. The van der Waals surface area contributed by atoms with E-state index in [1.807, 2.05) is 0 Å². The van der Waals surface area contributed by atoms with Crippen molar-refractivity contribution in [2.75, 3.05) is 13.7 Å². The lowest BCUT2D eigenvalue weighted by molar-refractivity contribution is -0.151. The molecule has 1 N–H and O–H groups in total. The Morgan fingerprint density at radius 3 is 2.16 bits per heavy atom. The van der Waals surface area contributed by atoms with Gasteiger partial charge in [0, 0.05) is 0 Å². The molecule has 0 saturated heterocycles. The SMILES string of the molecule is COC(=O)C1(NCC(C)C)CCC2(CCCC2)CC1. The van der Waals surface area contributed by atoms with Crippen LogP contribution in [0.25, 0.3) is 0 Å². The van der Waals surface area contributed by atoms with Crippen LogP contribution in [0.2, 0.25) is 0 Å². The number of nitrogens with one attached hydrogen (secondary N) is 1. The maximum absolute atomic E-state index is 12.2. The Bertz CT molecular complexity index is 309. The molecule has 0 heterocycles. The molecule has 2 aliphatic rings. The Labute approximate surface area is 117 Å². The largest absolute Gasteiger partial charge is 0.468 e. The molecule has 3 heteroatoms. The number of rotatable bonds is 4. The third kappa shape index (κ3) is 3.13. The van der Waals surface area contributed by atoms with E-state index in [0.29, 0.717) is 11.3 Å². The van der Waals surface area contributed by atoms with Crippen molar-refractivity contribution in [1.29, 1.82) is 0 Å². The van der Waals surface area contributed by atoms with Gasteiger partial charge in [0.25, 0.3) is 0 Å². The summed E-state index contributed by atoms with van der Waals surface area (Å²) in [5.74, 6) is 0.505. The first kappa shape index (κ1) is 14.8. The standard InChI is InChI=1S/C16H29NO2/c1-13(2)12-17-16(14(18)19-3)10-8-15(9-11-16)6-4-5-7-15/h13,17H,4-12H2,1-3H3. The molecule has 0 aromatic rings. The highest BCUT2D eigenvalue weighted by atomic mass is 16.5. The molecule has 0 amide bonds. The van der Waals surface area contributed by atoms with E-state index in [1.165, 1.54) is 45.6 Å². The van der Waals surface area contributed by atoms with Gasteiger partial charge in [-0.05, 0) is 56.4 Å². The summed E-state index contributed by atoms with van der Waals surface area (Å²) in [7, 11) is 1.51. The van der Waals surface area contributed by atoms with Crippen molar-refractivity contribution < 1.29 is 9.53 Å². The van der Waals surface area contributed by atoms with E-state index in [4.69, 9.17) is 4.74 Å². The highest BCUT2D eigenvalue weighted by Crippen LogP contribution is 2.51. The molecule has 110 valence electrons. The van der Waals surface area contributed by atoms with E-state index in [9.17, 15) is 4.79 Å². The van der Waals surface area contributed by atoms with Crippen molar-refractivity contribution >= 4 is 5.97 Å². The minimum Gasteiger partial charge on any atom is -0.468 e. The number of esters is 1. The quantitative estimate of drug-likeness (QED) is 0.794. The lowest BCUT2D eigenvalue weighted by atomic mass is 9.66. The van der Waals surface area contributed by atoms with E-state index in [1.54, 1.807) is 0 Å². The van der Waals surface area contributed by atoms with Crippen LogP contribution in [-0.4, -0.2) is 25.2 Å². The zero-order valence-electron chi connectivity index (χ0n) is 12.8. The molecule has 0 aromatic carbocycles. The van der Waals surface area contributed by atoms with Crippen molar-refractivity contribution in [3.8, 4) is 0 Å². The van der Waals surface area contributed by atoms with Crippen molar-refractivity contribution in [1.82, 2.24) is 5.32 Å². The van der Waals surface area contributed by atoms with Crippen LogP contribution >= 0.6 is 0 Å². The van der Waals surface area contributed by atoms with E-state index < -0.39 is 5.54 Å². The fraction of sp³-hybridized carbons (Fsp3) is 0.938. The molecule has 2 saturated carbocycles. The molecule has 19 heavy (non-hydrogen) atoms. The molecule has 1 spiro atoms. The van der Waals surface area contributed by atoms with Gasteiger partial charge in [-0.3, -0.25) is 4.79 Å². The molecule has 0 bridgehead atoms. The van der Waals surface area contributed by atoms with Gasteiger partial charge in [0.1, 0.15) is 5.54 Å². The van der Waals surface area contributed by atoms with Crippen LogP contribution in [0.15, 0.2) is 0 Å². The topological polar surface area (TPSA) is 38.3 Å². The Morgan fingerprint density at radius 2 is 1.68 bits per heavy atom. The molecule has 0 unspecified atom stereocenters. The van der Waals surface area contributed by atoms with Crippen LogP contribution in [0.1, 0.15) is 65.2 Å². The predicted molar refractivity (Wildman–Crippen MR) is 77.0 cm³/mol. The Morgan fingerprint density at radius 1 is 1.11 bits per heavy atom. The van der Waals surface area contributed by atoms with Gasteiger partial charge in [0.05, 0.1) is 7.11 Å². The minimum atomic E-state index is -0.410. The summed E-state index contributed by atoms with van der Waals surface area (Å²) in [6, 6.07) is 0. The maximum atomic E-state index is 12.2. The highest BCUT2D eigenvalue weighted by Gasteiger charge is 2.48. The summed E-state index contributed by atoms with van der Waals surface area (Å²) in [6.45, 7) is 5.25. The minimum absolute atomic E-state index is 0.0546. The zero-order valence-corrected chi connectivity index (χ0v) is 12.8. The Hall–Kier alpha value is -0.570. The molecular weight excluding hydrogens is 238 g/mol. The summed E-state index contributed by atoms with van der Waals surface area (Å²) in [6.07, 6.45) is 9.78. The number of carbonyl (C=O) groups is 1. The highest BCUT2D eigenvalue weighted by molar-refractivity contribution is 5.81. The lowest BCUT2D eigenvalue weighted by Gasteiger charge is -2.44. The van der Waals surface area contributed by atoms with Crippen molar-refractivity contribution in [2.24, 2.45) is 11.3 Å². The number of carbonyl (C=O) groups excluding carboxylic acids is 1. The van der Waals surface area contributed by atoms with Crippen LogP contribution < -0.4 is 5.32 Å². The van der Waals surface area contributed by atoms with E-state index >= 15 is 0 Å². The molecule has 0 radical (unpaired) electrons. The van der Waals surface area contributed by atoms with Gasteiger partial charge in [-0.2, -0.15) is 0 Å². The second-order valence-electron chi connectivity index (χ2n) is 7.06. The third-order valence-corrected chi connectivity index (χ3v) is 5.25. The second kappa shape index (κ2) is 5.82. The molecule has 2 aliphatic carbocycles. The summed E-state index contributed by atoms with van der Waals surface area (Å²) in [5, 5.41) is 3.52. The third-order valence-electron chi connectivity index (χ3n) is 5.25. The molecule has 2 rings (SSSR count). The number of hydrogen-bond acceptors (Lipinski definition) is 3. The van der Waals surface area contributed by atoms with Gasteiger partial charge in [-0.1, -0.05) is 26.7 Å². The van der Waals surface area contributed by atoms with Gasteiger partial charge in [0.2, 0.25) is 0 Å². The van der Waals surface area contributed by atoms with Gasteiger partial charge >= 0.3 is 5.97 Å². The lowest BCUT2D eigenvalue weighted by Crippen LogP contribution is -2.56. The Balaban J connectivity index is 2.02. The van der Waals surface area contributed by atoms with Crippen molar-refractivity contribution in [2.45, 2.75) is 70.8 Å². The number of ether oxygens (including phenoxy) is 1. The Kier molecular flexibility index (Phi) is 4.54. The van der Waals surface area contributed by atoms with Gasteiger partial charge in [-0.25, -0.2) is 0 Å². The smallest absolute Gasteiger partial charge is 0.326 e. The van der Waals surface area contributed by atoms with E-state index in [-0.39, 0.29) is 5.97 Å². The fourth-order valence-corrected chi connectivity index (χ4v) is 3.88. The second-order valence-corrected chi connectivity index (χ2v) is 7.06. The average molecular weight is 267 g/mol. The van der Waals surface area contributed by atoms with Crippen LogP contribution in [-0.2, 0) is 9.53 Å². The number of methoxy groups -OCH3 is 1. The van der Waals surface area contributed by atoms with Crippen LogP contribution in [0, 0.1) is 11.3 Å². The van der Waals surface area contributed by atoms with Gasteiger partial charge < -0.3 is 10.1 Å². The molecule has 0 atom stereocenters. The van der Waals surface area contributed by atoms with Gasteiger partial charge in [0.15, 0.2) is 0 Å². The van der Waals surface area contributed by atoms with Gasteiger partial charge in [-0.15, -0.1) is 0 Å². The van der Waals surface area contributed by atoms with Crippen molar-refractivity contribution in [3.63, 3.8) is 0 Å². The number of hydrogen-bond donors (Lipinski definition) is 1. The van der Waals surface area contributed by atoms with Crippen molar-refractivity contribution in [3.05, 3.63) is 0 Å². The summed E-state index contributed by atoms with van der Waals surface area (Å²) in [4.78, 5) is 12.2. The first-order valence-electron chi connectivity index (χ1n) is 7.85. The molecule has 2 fully saturated rings. The molecule has 0 aromatic heterocycles. The first-order valence-corrected chi connectivity index (χ1v) is 7.85. The van der Waals surface area contributed by atoms with E-state index in [0.717, 1.165) is 19.4 Å². The normalized spacial score (nSPS) is 24.8. The van der Waals surface area contributed by atoms with Crippen LogP contribution in [0.3, 0.4) is 0 Å². The zero-order chi connectivity index (χ0) is 13.9. The van der Waals surface area contributed by atoms with Crippen LogP contribution in [0.5, 0.6) is 0 Å². The average Bonchev–Trinajstić information content (AvgIpc) is 2.86. The summed E-state index contributed by atoms with van der Waals surface area (Å²) in [5.41, 5.74) is 0.143. The predicted octanol–water partition coefficient (Wildman–Crippen LogP) is 3.28. The van der Waals surface area contributed by atoms with E-state index in [2.05, 4.69) is 19.2 Å². The first-order chi connectivity index (χ1) is 9.02. The fourth-order valence-electron chi connectivity index (χ4n) is 3.88. The summed E-state index contributed by atoms with van der Waals surface area (Å²) >= 11 is 0. The molecule has 3 nitrogen and oxygen atoms in total. The summed E-state index contributed by atoms with van der Waals surface area (Å²) < 4.78 is 5.07. The maximum Gasteiger partial charge on any atom is 0.326 e. The van der Waals surface area contributed by atoms with Crippen LogP contribution in [0.4, 0.5) is 0 Å². The molecular formula is C16H29NO2. The monoisotopic (exact) mass is 267 g/mol.